The minimum atomic E-state index is 0.331. The first-order valence-electron chi connectivity index (χ1n) is 19.2. The van der Waals surface area contributed by atoms with Crippen molar-refractivity contribution in [1.29, 1.82) is 0 Å². The second kappa shape index (κ2) is 37.6. The highest BCUT2D eigenvalue weighted by molar-refractivity contribution is 5.52. The fraction of sp³-hybridized carbons (Fsp3) is 0.974. The molecule has 0 aliphatic rings. The van der Waals surface area contributed by atoms with E-state index < -0.39 is 0 Å². The molecule has 41 heavy (non-hydrogen) atoms. The second-order valence-corrected chi connectivity index (χ2v) is 13.1. The monoisotopic (exact) mass is 578 g/mol. The third-order valence-electron chi connectivity index (χ3n) is 8.94. The van der Waals surface area contributed by atoms with Crippen LogP contribution in [0, 0.1) is 0 Å². The lowest BCUT2D eigenvalue weighted by Gasteiger charge is -2.22. The molecular formula is C38H77N2O. The van der Waals surface area contributed by atoms with E-state index in [2.05, 4.69) is 24.3 Å². The maximum Gasteiger partial charge on any atom is 0.214 e. The molecule has 1 N–H and O–H groups in total. The predicted octanol–water partition coefficient (Wildman–Crippen LogP) is 12.4. The van der Waals surface area contributed by atoms with Crippen LogP contribution in [-0.2, 0) is 4.79 Å². The molecule has 0 unspecified atom stereocenters. The number of carbonyl (C=O) groups excluding carboxylic acids is 1. The van der Waals surface area contributed by atoms with E-state index in [0.717, 1.165) is 13.1 Å². The van der Waals surface area contributed by atoms with E-state index >= 15 is 0 Å². The van der Waals surface area contributed by atoms with E-state index in [1.165, 1.54) is 205 Å². The van der Waals surface area contributed by atoms with Gasteiger partial charge in [-0.2, -0.15) is 0 Å². The van der Waals surface area contributed by atoms with E-state index in [1.807, 2.05) is 6.29 Å². The van der Waals surface area contributed by atoms with E-state index in [4.69, 9.17) is 0 Å². The Morgan fingerprint density at radius 3 is 0.805 bits per heavy atom. The van der Waals surface area contributed by atoms with Crippen LogP contribution in [0.2, 0.25) is 0 Å². The van der Waals surface area contributed by atoms with Crippen LogP contribution in [0.1, 0.15) is 219 Å². The highest BCUT2D eigenvalue weighted by Gasteiger charge is 2.04. The maximum absolute atomic E-state index is 10.7. The van der Waals surface area contributed by atoms with Crippen LogP contribution in [0.15, 0.2) is 0 Å². The Morgan fingerprint density at radius 1 is 0.366 bits per heavy atom. The quantitative estimate of drug-likeness (QED) is 0.0588. The number of hydrazine groups is 1. The van der Waals surface area contributed by atoms with Crippen LogP contribution in [0.25, 0.3) is 0 Å². The van der Waals surface area contributed by atoms with E-state index in [-0.39, 0.29) is 0 Å². The van der Waals surface area contributed by atoms with Gasteiger partial charge in [0.1, 0.15) is 0 Å². The molecule has 1 radical (unpaired) electrons. The van der Waals surface area contributed by atoms with Crippen LogP contribution < -0.4 is 5.43 Å². The average molecular weight is 578 g/mol. The molecule has 0 aromatic carbocycles. The molecule has 0 aliphatic heterocycles. The van der Waals surface area contributed by atoms with E-state index in [1.54, 1.807) is 0 Å². The number of nitrogens with zero attached hydrogens (tertiary/aromatic N) is 1. The average Bonchev–Trinajstić information content (AvgIpc) is 2.98. The molecule has 0 amide bonds. The molecule has 0 rings (SSSR count). The lowest BCUT2D eigenvalue weighted by molar-refractivity contribution is 0.190. The van der Waals surface area contributed by atoms with E-state index in [0.29, 0.717) is 6.54 Å². The summed E-state index contributed by atoms with van der Waals surface area (Å²) in [5, 5.41) is 2.29. The summed E-state index contributed by atoms with van der Waals surface area (Å²) in [6, 6.07) is 0. The number of hydrogen-bond acceptors (Lipinski definition) is 3. The third kappa shape index (κ3) is 35.7. The first-order chi connectivity index (χ1) is 20.3. The zero-order valence-corrected chi connectivity index (χ0v) is 28.6. The largest absolute Gasteiger partial charge is 0.289 e. The lowest BCUT2D eigenvalue weighted by Crippen LogP contribution is -2.40. The van der Waals surface area contributed by atoms with Crippen LogP contribution in [0.3, 0.4) is 0 Å². The van der Waals surface area contributed by atoms with Gasteiger partial charge in [-0.25, -0.2) is 10.4 Å². The highest BCUT2D eigenvalue weighted by Crippen LogP contribution is 2.15. The molecule has 3 heteroatoms. The minimum absolute atomic E-state index is 0.331. The number of hydrogen-bond donors (Lipinski definition) is 1. The predicted molar refractivity (Wildman–Crippen MR) is 184 cm³/mol. The fourth-order valence-corrected chi connectivity index (χ4v) is 6.12. The van der Waals surface area contributed by atoms with Gasteiger partial charge in [-0.3, -0.25) is 4.79 Å². The van der Waals surface area contributed by atoms with Crippen molar-refractivity contribution in [3.63, 3.8) is 0 Å². The number of rotatable bonds is 37. The summed E-state index contributed by atoms with van der Waals surface area (Å²) in [5.41, 5.74) is 3.28. The van der Waals surface area contributed by atoms with Crippen molar-refractivity contribution in [3.8, 4) is 0 Å². The summed E-state index contributed by atoms with van der Waals surface area (Å²) in [6.45, 7) is 7.06. The van der Waals surface area contributed by atoms with Gasteiger partial charge in [-0.15, -0.1) is 0 Å². The first-order valence-corrected chi connectivity index (χ1v) is 19.2. The van der Waals surface area contributed by atoms with Crippen molar-refractivity contribution in [2.75, 3.05) is 19.6 Å². The molecule has 0 saturated carbocycles. The molecule has 0 fully saturated rings. The molecule has 0 heterocycles. The van der Waals surface area contributed by atoms with Crippen LogP contribution >= 0.6 is 0 Å². The molecule has 245 valence electrons. The molecule has 0 saturated heterocycles. The smallest absolute Gasteiger partial charge is 0.214 e. The molecule has 0 aliphatic carbocycles. The topological polar surface area (TPSA) is 32.3 Å². The Morgan fingerprint density at radius 2 is 0.585 bits per heavy atom. The normalized spacial score (nSPS) is 11.6. The summed E-state index contributed by atoms with van der Waals surface area (Å²) in [6.07, 6.45) is 47.1. The SMILES string of the molecule is CCCCCCCCCCCCCCCCCCN(CCCCCCCCCCCCCCCCCC)NC[C]=O. The zero-order valence-electron chi connectivity index (χ0n) is 28.6. The lowest BCUT2D eigenvalue weighted by atomic mass is 10.0. The summed E-state index contributed by atoms with van der Waals surface area (Å²) in [7, 11) is 0. The molecule has 0 bridgehead atoms. The van der Waals surface area contributed by atoms with Gasteiger partial charge in [-0.05, 0) is 12.8 Å². The first kappa shape index (κ1) is 40.6. The summed E-state index contributed by atoms with van der Waals surface area (Å²) in [5.74, 6) is 0. The van der Waals surface area contributed by atoms with Crippen molar-refractivity contribution >= 4 is 6.29 Å². The molecule has 0 aromatic heterocycles. The Labute approximate surface area is 260 Å². The Bertz CT molecular complexity index is 433. The van der Waals surface area contributed by atoms with Gasteiger partial charge < -0.3 is 0 Å². The maximum atomic E-state index is 10.7. The van der Waals surface area contributed by atoms with Gasteiger partial charge in [0.2, 0.25) is 6.29 Å². The number of nitrogens with one attached hydrogen (secondary N) is 1. The van der Waals surface area contributed by atoms with Gasteiger partial charge in [0.25, 0.3) is 0 Å². The molecular weight excluding hydrogens is 500 g/mol. The highest BCUT2D eigenvalue weighted by atomic mass is 16.1. The van der Waals surface area contributed by atoms with Crippen molar-refractivity contribution in [1.82, 2.24) is 10.4 Å². The standard InChI is InChI=1S/C38H77N2O/c1-3-5-7-9-11-13-15-17-19-21-23-25-27-29-31-33-36-40(39-35-38-41)37-34-32-30-28-26-24-22-20-18-16-14-12-10-8-6-4-2/h39H,3-37H2,1-2H3. The summed E-state index contributed by atoms with van der Waals surface area (Å²) >= 11 is 0. The van der Waals surface area contributed by atoms with Crippen molar-refractivity contribution in [2.24, 2.45) is 0 Å². The van der Waals surface area contributed by atoms with Gasteiger partial charge in [0.15, 0.2) is 0 Å². The zero-order chi connectivity index (χ0) is 29.7. The van der Waals surface area contributed by atoms with Crippen LogP contribution in [-0.4, -0.2) is 30.9 Å². The molecule has 0 spiro atoms. The molecule has 3 nitrogen and oxygen atoms in total. The number of unbranched alkanes of at least 4 members (excludes halogenated alkanes) is 30. The molecule has 0 aromatic rings. The fourth-order valence-electron chi connectivity index (χ4n) is 6.12. The Hall–Kier alpha value is -0.410. The van der Waals surface area contributed by atoms with Crippen LogP contribution in [0.5, 0.6) is 0 Å². The van der Waals surface area contributed by atoms with Gasteiger partial charge in [-0.1, -0.05) is 206 Å². The van der Waals surface area contributed by atoms with Gasteiger partial charge in [0, 0.05) is 13.1 Å². The summed E-state index contributed by atoms with van der Waals surface area (Å²) in [4.78, 5) is 10.7. The Kier molecular flexibility index (Phi) is 37.2. The van der Waals surface area contributed by atoms with Gasteiger partial charge >= 0.3 is 0 Å². The van der Waals surface area contributed by atoms with Crippen molar-refractivity contribution in [2.45, 2.75) is 219 Å². The summed E-state index contributed by atoms with van der Waals surface area (Å²) < 4.78 is 0. The van der Waals surface area contributed by atoms with Crippen LogP contribution in [0.4, 0.5) is 0 Å². The molecule has 0 atom stereocenters. The third-order valence-corrected chi connectivity index (χ3v) is 8.94. The second-order valence-electron chi connectivity index (χ2n) is 13.1. The van der Waals surface area contributed by atoms with Crippen molar-refractivity contribution < 1.29 is 4.79 Å². The Balaban J connectivity index is 3.45. The van der Waals surface area contributed by atoms with Crippen molar-refractivity contribution in [3.05, 3.63) is 0 Å². The van der Waals surface area contributed by atoms with Gasteiger partial charge in [0.05, 0.1) is 6.54 Å². The van der Waals surface area contributed by atoms with E-state index in [9.17, 15) is 4.79 Å². The minimum Gasteiger partial charge on any atom is -0.289 e.